The Hall–Kier alpha value is -2.91. The van der Waals surface area contributed by atoms with Crippen molar-refractivity contribution in [3.05, 3.63) is 52.8 Å². The lowest BCUT2D eigenvalue weighted by Gasteiger charge is -2.36. The molecule has 150 valence electrons. The van der Waals surface area contributed by atoms with Crippen molar-refractivity contribution in [3.8, 4) is 11.5 Å². The second-order valence-corrected chi connectivity index (χ2v) is 7.08. The van der Waals surface area contributed by atoms with E-state index in [0.717, 1.165) is 0 Å². The highest BCUT2D eigenvalue weighted by Crippen LogP contribution is 2.43. The Bertz CT molecular complexity index is 1120. The summed E-state index contributed by atoms with van der Waals surface area (Å²) in [6, 6.07) is 7.35. The minimum absolute atomic E-state index is 0.0482. The predicted molar refractivity (Wildman–Crippen MR) is 98.3 cm³/mol. The SMILES string of the molecule is O=C(c1c[nH]c2nc(Cl)ccc12)N1CCOCC1c1ccc2c(c1)OC(F)(F)O2. The van der Waals surface area contributed by atoms with Gasteiger partial charge in [-0.05, 0) is 29.8 Å². The Morgan fingerprint density at radius 3 is 2.93 bits per heavy atom. The highest BCUT2D eigenvalue weighted by molar-refractivity contribution is 6.29. The van der Waals surface area contributed by atoms with Crippen molar-refractivity contribution in [3.63, 3.8) is 0 Å². The number of alkyl halides is 2. The molecule has 1 unspecified atom stereocenters. The van der Waals surface area contributed by atoms with Gasteiger partial charge in [-0.1, -0.05) is 17.7 Å². The first kappa shape index (κ1) is 18.1. The second-order valence-electron chi connectivity index (χ2n) is 6.70. The van der Waals surface area contributed by atoms with Crippen molar-refractivity contribution >= 4 is 28.5 Å². The number of morpholine rings is 1. The predicted octanol–water partition coefficient (Wildman–Crippen LogP) is 3.75. The van der Waals surface area contributed by atoms with Crippen LogP contribution in [0.1, 0.15) is 22.0 Å². The monoisotopic (exact) mass is 421 g/mol. The van der Waals surface area contributed by atoms with Crippen molar-refractivity contribution in [2.75, 3.05) is 19.8 Å². The number of halogens is 3. The number of aromatic amines is 1. The molecule has 0 saturated carbocycles. The average molecular weight is 422 g/mol. The molecule has 4 heterocycles. The summed E-state index contributed by atoms with van der Waals surface area (Å²) >= 11 is 5.91. The van der Waals surface area contributed by atoms with Crippen LogP contribution in [0.15, 0.2) is 36.5 Å². The van der Waals surface area contributed by atoms with Crippen LogP contribution in [0, 0.1) is 0 Å². The molecule has 0 bridgehead atoms. The van der Waals surface area contributed by atoms with E-state index in [-0.39, 0.29) is 24.0 Å². The summed E-state index contributed by atoms with van der Waals surface area (Å²) in [5.41, 5.74) is 1.57. The van der Waals surface area contributed by atoms with Gasteiger partial charge in [0.1, 0.15) is 10.8 Å². The van der Waals surface area contributed by atoms with Crippen LogP contribution in [-0.2, 0) is 4.74 Å². The third-order valence-electron chi connectivity index (χ3n) is 4.93. The number of nitrogens with zero attached hydrogens (tertiary/aromatic N) is 2. The fourth-order valence-electron chi connectivity index (χ4n) is 3.61. The van der Waals surface area contributed by atoms with Gasteiger partial charge in [0.25, 0.3) is 5.91 Å². The number of hydrogen-bond acceptors (Lipinski definition) is 5. The lowest BCUT2D eigenvalue weighted by molar-refractivity contribution is -0.286. The molecule has 0 radical (unpaired) electrons. The molecule has 5 rings (SSSR count). The van der Waals surface area contributed by atoms with E-state index in [1.165, 1.54) is 12.1 Å². The molecule has 1 amide bonds. The first-order valence-corrected chi connectivity index (χ1v) is 9.21. The van der Waals surface area contributed by atoms with E-state index in [0.29, 0.717) is 40.5 Å². The van der Waals surface area contributed by atoms with Gasteiger partial charge in [0.15, 0.2) is 11.5 Å². The number of pyridine rings is 1. The highest BCUT2D eigenvalue weighted by atomic mass is 35.5. The van der Waals surface area contributed by atoms with Gasteiger partial charge in [0, 0.05) is 18.1 Å². The normalized spacial score (nSPS) is 20.2. The maximum atomic E-state index is 13.3. The number of carbonyl (C=O) groups excluding carboxylic acids is 1. The number of H-pyrrole nitrogens is 1. The number of ether oxygens (including phenoxy) is 3. The molecule has 10 heteroatoms. The van der Waals surface area contributed by atoms with Crippen LogP contribution in [-0.4, -0.2) is 46.8 Å². The summed E-state index contributed by atoms with van der Waals surface area (Å²) in [6.45, 7) is 0.952. The fourth-order valence-corrected chi connectivity index (χ4v) is 3.76. The highest BCUT2D eigenvalue weighted by Gasteiger charge is 2.44. The molecule has 3 aromatic rings. The fraction of sp³-hybridized carbons (Fsp3) is 0.263. The topological polar surface area (TPSA) is 76.7 Å². The Balaban J connectivity index is 1.48. The molecule has 2 aliphatic heterocycles. The maximum Gasteiger partial charge on any atom is 0.586 e. The third kappa shape index (κ3) is 3.16. The molecular formula is C19H14ClF2N3O4. The molecule has 2 aromatic heterocycles. The zero-order chi connectivity index (χ0) is 20.2. The summed E-state index contributed by atoms with van der Waals surface area (Å²) < 4.78 is 41.2. The summed E-state index contributed by atoms with van der Waals surface area (Å²) in [7, 11) is 0. The minimum atomic E-state index is -3.70. The van der Waals surface area contributed by atoms with Gasteiger partial charge >= 0.3 is 6.29 Å². The summed E-state index contributed by atoms with van der Waals surface area (Å²) in [5, 5.41) is 0.967. The molecule has 1 saturated heterocycles. The van der Waals surface area contributed by atoms with Gasteiger partial charge < -0.3 is 24.1 Å². The molecule has 1 N–H and O–H groups in total. The van der Waals surface area contributed by atoms with Gasteiger partial charge in [-0.2, -0.15) is 0 Å². The van der Waals surface area contributed by atoms with E-state index in [2.05, 4.69) is 19.4 Å². The van der Waals surface area contributed by atoms with E-state index in [1.54, 1.807) is 29.3 Å². The number of amides is 1. The lowest BCUT2D eigenvalue weighted by Crippen LogP contribution is -2.43. The molecule has 7 nitrogen and oxygen atoms in total. The van der Waals surface area contributed by atoms with Crippen LogP contribution in [0.4, 0.5) is 8.78 Å². The zero-order valence-corrected chi connectivity index (χ0v) is 15.6. The molecule has 2 aliphatic rings. The smallest absolute Gasteiger partial charge is 0.395 e. The first-order chi connectivity index (χ1) is 13.9. The lowest BCUT2D eigenvalue weighted by atomic mass is 10.0. The van der Waals surface area contributed by atoms with Gasteiger partial charge in [-0.3, -0.25) is 4.79 Å². The molecule has 1 fully saturated rings. The van der Waals surface area contributed by atoms with E-state index in [4.69, 9.17) is 16.3 Å². The second kappa shape index (κ2) is 6.57. The summed E-state index contributed by atoms with van der Waals surface area (Å²) in [5.74, 6) is -0.346. The summed E-state index contributed by atoms with van der Waals surface area (Å²) in [4.78, 5) is 22.1. The van der Waals surface area contributed by atoms with Gasteiger partial charge in [-0.25, -0.2) is 4.98 Å². The van der Waals surface area contributed by atoms with Crippen LogP contribution >= 0.6 is 11.6 Å². The standard InChI is InChI=1S/C19H14ClF2N3O4/c20-16-4-2-11-12(8-23-17(11)24-16)18(26)25-5-6-27-9-13(25)10-1-3-14-15(7-10)29-19(21,22)28-14/h1-4,7-8,13H,5-6,9H2,(H,23,24). The van der Waals surface area contributed by atoms with E-state index in [9.17, 15) is 13.6 Å². The van der Waals surface area contributed by atoms with Crippen LogP contribution in [0.3, 0.4) is 0 Å². The number of rotatable bonds is 2. The van der Waals surface area contributed by atoms with E-state index >= 15 is 0 Å². The number of nitrogens with one attached hydrogen (secondary N) is 1. The van der Waals surface area contributed by atoms with E-state index < -0.39 is 12.3 Å². The van der Waals surface area contributed by atoms with Crippen molar-refractivity contribution in [2.45, 2.75) is 12.3 Å². The molecule has 1 aromatic carbocycles. The quantitative estimate of drug-likeness (QED) is 0.638. The summed E-state index contributed by atoms with van der Waals surface area (Å²) in [6.07, 6.45) is -2.11. The van der Waals surface area contributed by atoms with Crippen LogP contribution in [0.25, 0.3) is 11.0 Å². The molecule has 0 spiro atoms. The van der Waals surface area contributed by atoms with Crippen LogP contribution < -0.4 is 9.47 Å². The van der Waals surface area contributed by atoms with Gasteiger partial charge in [0.05, 0.1) is 24.8 Å². The Labute approximate surface area is 168 Å². The van der Waals surface area contributed by atoms with Crippen molar-refractivity contribution in [2.24, 2.45) is 0 Å². The number of benzene rings is 1. The van der Waals surface area contributed by atoms with Crippen LogP contribution in [0.5, 0.6) is 11.5 Å². The van der Waals surface area contributed by atoms with Gasteiger partial charge in [0.2, 0.25) is 0 Å². The van der Waals surface area contributed by atoms with E-state index in [1.807, 2.05) is 0 Å². The largest absolute Gasteiger partial charge is 0.586 e. The third-order valence-corrected chi connectivity index (χ3v) is 5.14. The Morgan fingerprint density at radius 2 is 2.07 bits per heavy atom. The number of fused-ring (bicyclic) bond motifs is 2. The number of hydrogen-bond donors (Lipinski definition) is 1. The average Bonchev–Trinajstić information content (AvgIpc) is 3.25. The minimum Gasteiger partial charge on any atom is -0.395 e. The molecular weight excluding hydrogens is 408 g/mol. The number of aromatic nitrogens is 2. The van der Waals surface area contributed by atoms with Crippen molar-refractivity contribution < 1.29 is 27.8 Å². The number of carbonyl (C=O) groups is 1. The zero-order valence-electron chi connectivity index (χ0n) is 14.8. The maximum absolute atomic E-state index is 13.3. The molecule has 29 heavy (non-hydrogen) atoms. The van der Waals surface area contributed by atoms with Gasteiger partial charge in [-0.15, -0.1) is 8.78 Å². The molecule has 1 atom stereocenters. The van der Waals surface area contributed by atoms with Crippen molar-refractivity contribution in [1.82, 2.24) is 14.9 Å². The Kier molecular flexibility index (Phi) is 4.11. The van der Waals surface area contributed by atoms with Crippen molar-refractivity contribution in [1.29, 1.82) is 0 Å². The first-order valence-electron chi connectivity index (χ1n) is 8.83. The Morgan fingerprint density at radius 1 is 1.24 bits per heavy atom. The molecule has 0 aliphatic carbocycles. The van der Waals surface area contributed by atoms with Crippen LogP contribution in [0.2, 0.25) is 5.15 Å².